The van der Waals surface area contributed by atoms with Crippen molar-refractivity contribution in [3.8, 4) is 5.75 Å². The summed E-state index contributed by atoms with van der Waals surface area (Å²) in [4.78, 5) is 21.8. The molecule has 0 aliphatic carbocycles. The molecular formula is C26H35F2N3O3. The van der Waals surface area contributed by atoms with Gasteiger partial charge in [0.2, 0.25) is 12.3 Å². The number of benzene rings is 1. The lowest BCUT2D eigenvalue weighted by atomic mass is 9.94. The van der Waals surface area contributed by atoms with Crippen molar-refractivity contribution < 1.29 is 23.1 Å². The predicted molar refractivity (Wildman–Crippen MR) is 131 cm³/mol. The molecule has 1 aliphatic rings. The van der Waals surface area contributed by atoms with Gasteiger partial charge in [0, 0.05) is 31.0 Å². The number of alkyl halides is 2. The Morgan fingerprint density at radius 2 is 2.03 bits per heavy atom. The number of carbonyl (C=O) groups is 2. The van der Waals surface area contributed by atoms with Crippen LogP contribution in [0.15, 0.2) is 48.6 Å². The minimum atomic E-state index is -2.51. The molecule has 0 bridgehead atoms. The molecule has 1 aromatic rings. The van der Waals surface area contributed by atoms with Crippen LogP contribution < -0.4 is 21.1 Å². The van der Waals surface area contributed by atoms with Crippen molar-refractivity contribution in [2.45, 2.75) is 45.1 Å². The Morgan fingerprint density at radius 3 is 2.68 bits per heavy atom. The van der Waals surface area contributed by atoms with E-state index in [9.17, 15) is 18.4 Å². The molecule has 0 aromatic heterocycles. The summed E-state index contributed by atoms with van der Waals surface area (Å²) < 4.78 is 33.0. The van der Waals surface area contributed by atoms with Gasteiger partial charge in [-0.25, -0.2) is 8.78 Å². The number of aldehydes is 1. The van der Waals surface area contributed by atoms with Crippen molar-refractivity contribution in [2.24, 2.45) is 11.7 Å². The maximum absolute atomic E-state index is 13.4. The number of allylic oxidation sites excluding steroid dienone is 5. The molecule has 1 aliphatic heterocycles. The number of rotatable bonds is 13. The van der Waals surface area contributed by atoms with Gasteiger partial charge in [-0.05, 0) is 62.2 Å². The first-order valence-corrected chi connectivity index (χ1v) is 11.5. The number of primary amides is 1. The van der Waals surface area contributed by atoms with E-state index in [1.165, 1.54) is 6.08 Å². The highest BCUT2D eigenvalue weighted by Crippen LogP contribution is 2.32. The number of hydrogen-bond acceptors (Lipinski definition) is 5. The van der Waals surface area contributed by atoms with Gasteiger partial charge in [0.05, 0.1) is 0 Å². The van der Waals surface area contributed by atoms with Gasteiger partial charge < -0.3 is 21.1 Å². The van der Waals surface area contributed by atoms with Crippen LogP contribution >= 0.6 is 0 Å². The molecule has 34 heavy (non-hydrogen) atoms. The van der Waals surface area contributed by atoms with Crippen LogP contribution in [0.4, 0.5) is 8.78 Å². The van der Waals surface area contributed by atoms with Crippen LogP contribution in [0.3, 0.4) is 0 Å². The normalized spacial score (nSPS) is 17.4. The summed E-state index contributed by atoms with van der Waals surface area (Å²) in [5.41, 5.74) is 6.79. The Hall–Kier alpha value is -2.84. The molecule has 1 heterocycles. The number of halogens is 2. The average molecular weight is 476 g/mol. The van der Waals surface area contributed by atoms with E-state index in [2.05, 4.69) is 10.6 Å². The van der Waals surface area contributed by atoms with E-state index in [-0.39, 0.29) is 11.8 Å². The van der Waals surface area contributed by atoms with Crippen LogP contribution in [-0.4, -0.2) is 50.4 Å². The number of hydrogen-bond donors (Lipinski definition) is 3. The molecule has 186 valence electrons. The van der Waals surface area contributed by atoms with Crippen molar-refractivity contribution >= 4 is 17.8 Å². The van der Waals surface area contributed by atoms with Gasteiger partial charge in [-0.3, -0.25) is 9.59 Å². The molecule has 1 aromatic carbocycles. The Kier molecular flexibility index (Phi) is 11.1. The summed E-state index contributed by atoms with van der Waals surface area (Å²) in [6.07, 6.45) is 7.76. The standard InChI is InChI=1S/C26H35F2N3O3/c1-19(25(29)33)18-31-12-5-7-20(6-3-4-15-32)21-8-9-23(22(16-21)17-24(27)28)34-26(2)10-13-30-14-11-26/h3-9,15-16,19,24,30-31H,10-14,17-18H2,1-2H3,(H2,29,33)/b4-3+,7-5-,20-6+. The molecule has 0 spiro atoms. The van der Waals surface area contributed by atoms with Gasteiger partial charge in [-0.15, -0.1) is 0 Å². The molecule has 1 fully saturated rings. The third kappa shape index (κ3) is 9.19. The van der Waals surface area contributed by atoms with E-state index in [1.54, 1.807) is 31.2 Å². The summed E-state index contributed by atoms with van der Waals surface area (Å²) in [5.74, 6) is -0.184. The Bertz CT molecular complexity index is 907. The van der Waals surface area contributed by atoms with Gasteiger partial charge in [-0.2, -0.15) is 0 Å². The summed E-state index contributed by atoms with van der Waals surface area (Å²) in [7, 11) is 0. The first-order chi connectivity index (χ1) is 16.2. The minimum Gasteiger partial charge on any atom is -0.487 e. The first-order valence-electron chi connectivity index (χ1n) is 11.5. The number of carbonyl (C=O) groups excluding carboxylic acids is 2. The summed E-state index contributed by atoms with van der Waals surface area (Å²) >= 11 is 0. The summed E-state index contributed by atoms with van der Waals surface area (Å²) in [5, 5.41) is 6.41. The summed E-state index contributed by atoms with van der Waals surface area (Å²) in [6, 6.07) is 5.31. The van der Waals surface area contributed by atoms with E-state index in [4.69, 9.17) is 10.5 Å². The largest absolute Gasteiger partial charge is 0.487 e. The van der Waals surface area contributed by atoms with Crippen molar-refractivity contribution in [1.82, 2.24) is 10.6 Å². The first kappa shape index (κ1) is 27.4. The fourth-order valence-electron chi connectivity index (χ4n) is 3.63. The maximum atomic E-state index is 13.4. The van der Waals surface area contributed by atoms with Gasteiger partial charge in [0.15, 0.2) is 0 Å². The monoisotopic (exact) mass is 475 g/mol. The minimum absolute atomic E-state index is 0.287. The fraction of sp³-hybridized carbons (Fsp3) is 0.462. The van der Waals surface area contributed by atoms with Crippen LogP contribution in [0, 0.1) is 5.92 Å². The third-order valence-corrected chi connectivity index (χ3v) is 5.75. The topological polar surface area (TPSA) is 93.4 Å². The second-order valence-electron chi connectivity index (χ2n) is 8.73. The number of piperidine rings is 1. The van der Waals surface area contributed by atoms with E-state index >= 15 is 0 Å². The van der Waals surface area contributed by atoms with E-state index in [0.717, 1.165) is 37.1 Å². The second kappa shape index (κ2) is 13.8. The van der Waals surface area contributed by atoms with E-state index < -0.39 is 18.4 Å². The molecule has 4 N–H and O–H groups in total. The molecule has 0 radical (unpaired) electrons. The molecule has 1 unspecified atom stereocenters. The van der Waals surface area contributed by atoms with Gasteiger partial charge in [-0.1, -0.05) is 37.3 Å². The Labute approximate surface area is 200 Å². The summed E-state index contributed by atoms with van der Waals surface area (Å²) in [6.45, 7) is 6.34. The molecule has 1 saturated heterocycles. The van der Waals surface area contributed by atoms with Gasteiger partial charge >= 0.3 is 0 Å². The Morgan fingerprint density at radius 1 is 1.29 bits per heavy atom. The van der Waals surface area contributed by atoms with Gasteiger partial charge in [0.25, 0.3) is 0 Å². The highest BCUT2D eigenvalue weighted by Gasteiger charge is 2.29. The molecule has 6 nitrogen and oxygen atoms in total. The molecule has 1 amide bonds. The van der Waals surface area contributed by atoms with E-state index in [0.29, 0.717) is 30.7 Å². The van der Waals surface area contributed by atoms with Crippen molar-refractivity contribution in [3.05, 3.63) is 59.7 Å². The molecule has 2 rings (SSSR count). The SMILES string of the molecule is CC(CNC\C=C/C(=C\C=C\C=O)c1ccc(OC2(C)CCNCC2)c(CC(F)F)c1)C(N)=O. The number of nitrogens with two attached hydrogens (primary N) is 1. The third-order valence-electron chi connectivity index (χ3n) is 5.75. The number of nitrogens with one attached hydrogen (secondary N) is 2. The van der Waals surface area contributed by atoms with Crippen LogP contribution in [0.5, 0.6) is 5.75 Å². The second-order valence-corrected chi connectivity index (χ2v) is 8.73. The molecule has 1 atom stereocenters. The smallest absolute Gasteiger partial charge is 0.242 e. The zero-order chi connectivity index (χ0) is 25.0. The zero-order valence-corrected chi connectivity index (χ0v) is 19.9. The zero-order valence-electron chi connectivity index (χ0n) is 19.9. The lowest BCUT2D eigenvalue weighted by Gasteiger charge is -2.35. The number of ether oxygens (including phenoxy) is 1. The molecule has 8 heteroatoms. The van der Waals surface area contributed by atoms with E-state index in [1.807, 2.05) is 25.1 Å². The van der Waals surface area contributed by atoms with Crippen LogP contribution in [0.2, 0.25) is 0 Å². The highest BCUT2D eigenvalue weighted by molar-refractivity contribution is 5.77. The molecule has 0 saturated carbocycles. The highest BCUT2D eigenvalue weighted by atomic mass is 19.3. The van der Waals surface area contributed by atoms with Gasteiger partial charge in [0.1, 0.15) is 17.6 Å². The van der Waals surface area contributed by atoms with Crippen molar-refractivity contribution in [2.75, 3.05) is 26.2 Å². The predicted octanol–water partition coefficient (Wildman–Crippen LogP) is 3.42. The van der Waals surface area contributed by atoms with Crippen LogP contribution in [0.25, 0.3) is 5.57 Å². The average Bonchev–Trinajstić information content (AvgIpc) is 2.78. The number of amides is 1. The van der Waals surface area contributed by atoms with Crippen molar-refractivity contribution in [3.63, 3.8) is 0 Å². The lowest BCUT2D eigenvalue weighted by molar-refractivity contribution is -0.121. The lowest BCUT2D eigenvalue weighted by Crippen LogP contribution is -2.44. The quantitative estimate of drug-likeness (QED) is 0.176. The fourth-order valence-corrected chi connectivity index (χ4v) is 3.63. The molecular weight excluding hydrogens is 440 g/mol. The maximum Gasteiger partial charge on any atom is 0.242 e. The Balaban J connectivity index is 2.25. The van der Waals surface area contributed by atoms with Crippen LogP contribution in [-0.2, 0) is 16.0 Å². The van der Waals surface area contributed by atoms with Crippen LogP contribution in [0.1, 0.15) is 37.8 Å². The van der Waals surface area contributed by atoms with Crippen molar-refractivity contribution in [1.29, 1.82) is 0 Å².